The number of nitrogens with zero attached hydrogens (tertiary/aromatic N) is 2. The molecule has 0 saturated carbocycles. The number of aromatic nitrogens is 1. The summed E-state index contributed by atoms with van der Waals surface area (Å²) < 4.78 is 0. The number of pyridine rings is 1. The lowest BCUT2D eigenvalue weighted by atomic mass is 9.91. The summed E-state index contributed by atoms with van der Waals surface area (Å²) in [5.74, 6) is -0.00236. The average Bonchev–Trinajstić information content (AvgIpc) is 2.22. The van der Waals surface area contributed by atoms with Gasteiger partial charge in [-0.15, -0.1) is 0 Å². The Balaban J connectivity index is 2.42. The number of hydrogen-bond acceptors (Lipinski definition) is 3. The Bertz CT molecular complexity index is 466. The van der Waals surface area contributed by atoms with Crippen LogP contribution in [-0.2, 0) is 6.42 Å². The lowest BCUT2D eigenvalue weighted by Gasteiger charge is -2.18. The molecule has 1 aliphatic rings. The zero-order chi connectivity index (χ0) is 11.7. The molecule has 0 N–H and O–H groups in total. The molecule has 16 heavy (non-hydrogen) atoms. The highest BCUT2D eigenvalue weighted by Crippen LogP contribution is 2.25. The number of aryl methyl sites for hydroxylation is 1. The molecule has 0 fully saturated rings. The molecule has 1 aromatic heterocycles. The Morgan fingerprint density at radius 1 is 1.38 bits per heavy atom. The number of allylic oxidation sites excluding steroid dienone is 1. The molecule has 0 atom stereocenters. The number of fused-ring (bicyclic) bond motifs is 1. The second-order valence-electron chi connectivity index (χ2n) is 4.09. The van der Waals surface area contributed by atoms with Crippen LogP contribution in [0.15, 0.2) is 23.9 Å². The van der Waals surface area contributed by atoms with Crippen LogP contribution in [0.25, 0.3) is 0 Å². The summed E-state index contributed by atoms with van der Waals surface area (Å²) in [6, 6.07) is 3.61. The summed E-state index contributed by atoms with van der Waals surface area (Å²) in [6.07, 6.45) is 3.48. The van der Waals surface area contributed by atoms with E-state index in [-0.39, 0.29) is 5.78 Å². The first-order valence-electron chi connectivity index (χ1n) is 5.15. The Morgan fingerprint density at radius 2 is 2.12 bits per heavy atom. The molecular formula is C12H13ClN2O. The summed E-state index contributed by atoms with van der Waals surface area (Å²) in [5.41, 5.74) is 2.30. The molecule has 0 bridgehead atoms. The Labute approximate surface area is 99.7 Å². The minimum atomic E-state index is -0.00236. The van der Waals surface area contributed by atoms with E-state index in [1.807, 2.05) is 31.3 Å². The maximum Gasteiger partial charge on any atom is 0.209 e. The van der Waals surface area contributed by atoms with Crippen molar-refractivity contribution in [3.63, 3.8) is 0 Å². The number of ketones is 1. The van der Waals surface area contributed by atoms with E-state index >= 15 is 0 Å². The lowest BCUT2D eigenvalue weighted by molar-refractivity contribution is 0.101. The van der Waals surface area contributed by atoms with Crippen molar-refractivity contribution in [3.8, 4) is 0 Å². The number of carbonyl (C=O) groups is 1. The van der Waals surface area contributed by atoms with E-state index in [1.54, 1.807) is 6.07 Å². The number of rotatable bonds is 1. The molecule has 0 aromatic carbocycles. The molecule has 0 aliphatic heterocycles. The van der Waals surface area contributed by atoms with Crippen LogP contribution >= 0.6 is 11.6 Å². The van der Waals surface area contributed by atoms with Gasteiger partial charge in [0.1, 0.15) is 10.8 Å². The van der Waals surface area contributed by atoms with E-state index in [2.05, 4.69) is 4.98 Å². The summed E-state index contributed by atoms with van der Waals surface area (Å²) >= 11 is 5.80. The van der Waals surface area contributed by atoms with E-state index in [1.165, 1.54) is 0 Å². The van der Waals surface area contributed by atoms with Gasteiger partial charge in [-0.1, -0.05) is 17.7 Å². The van der Waals surface area contributed by atoms with Gasteiger partial charge in [-0.2, -0.15) is 0 Å². The first-order valence-corrected chi connectivity index (χ1v) is 5.53. The maximum absolute atomic E-state index is 12.1. The zero-order valence-corrected chi connectivity index (χ0v) is 10.1. The predicted molar refractivity (Wildman–Crippen MR) is 63.7 cm³/mol. The second-order valence-corrected chi connectivity index (χ2v) is 4.48. The molecule has 84 valence electrons. The predicted octanol–water partition coefficient (Wildman–Crippen LogP) is 2.31. The van der Waals surface area contributed by atoms with Crippen molar-refractivity contribution in [1.29, 1.82) is 0 Å². The van der Waals surface area contributed by atoms with E-state index < -0.39 is 0 Å². The fraction of sp³-hybridized carbons (Fsp3) is 0.333. The van der Waals surface area contributed by atoms with E-state index in [0.717, 1.165) is 24.0 Å². The quantitative estimate of drug-likeness (QED) is 0.554. The molecule has 0 amide bonds. The minimum absolute atomic E-state index is 0.00236. The third-order valence-electron chi connectivity index (χ3n) is 2.53. The molecule has 0 saturated heterocycles. The Morgan fingerprint density at radius 3 is 2.81 bits per heavy atom. The van der Waals surface area contributed by atoms with Crippen molar-refractivity contribution in [3.05, 3.63) is 40.3 Å². The van der Waals surface area contributed by atoms with E-state index in [9.17, 15) is 4.79 Å². The van der Waals surface area contributed by atoms with Crippen molar-refractivity contribution in [2.24, 2.45) is 0 Å². The zero-order valence-electron chi connectivity index (χ0n) is 9.33. The van der Waals surface area contributed by atoms with Crippen LogP contribution in [0.2, 0.25) is 5.15 Å². The molecule has 1 aliphatic carbocycles. The molecule has 2 rings (SSSR count). The number of halogens is 1. The third kappa shape index (κ3) is 2.09. The minimum Gasteiger partial charge on any atom is -0.383 e. The molecule has 1 heterocycles. The van der Waals surface area contributed by atoms with Gasteiger partial charge < -0.3 is 4.90 Å². The third-order valence-corrected chi connectivity index (χ3v) is 2.74. The molecule has 3 nitrogen and oxygen atoms in total. The van der Waals surface area contributed by atoms with Gasteiger partial charge in [0.05, 0.1) is 0 Å². The largest absolute Gasteiger partial charge is 0.383 e. The smallest absolute Gasteiger partial charge is 0.209 e. The summed E-state index contributed by atoms with van der Waals surface area (Å²) in [4.78, 5) is 18.1. The van der Waals surface area contributed by atoms with Gasteiger partial charge in [-0.25, -0.2) is 4.98 Å². The summed E-state index contributed by atoms with van der Waals surface area (Å²) in [6.45, 7) is 0. The van der Waals surface area contributed by atoms with Gasteiger partial charge in [0.2, 0.25) is 5.78 Å². The van der Waals surface area contributed by atoms with E-state index in [0.29, 0.717) is 10.8 Å². The molecular weight excluding hydrogens is 224 g/mol. The molecule has 0 spiro atoms. The van der Waals surface area contributed by atoms with Crippen LogP contribution in [0.1, 0.15) is 22.5 Å². The highest BCUT2D eigenvalue weighted by Gasteiger charge is 2.23. The van der Waals surface area contributed by atoms with Crippen LogP contribution in [-0.4, -0.2) is 29.8 Å². The Hall–Kier alpha value is -1.35. The highest BCUT2D eigenvalue weighted by atomic mass is 35.5. The van der Waals surface area contributed by atoms with Gasteiger partial charge in [0, 0.05) is 25.9 Å². The van der Waals surface area contributed by atoms with Crippen LogP contribution in [0.4, 0.5) is 0 Å². The number of carbonyl (C=O) groups excluding carboxylic acids is 1. The summed E-state index contributed by atoms with van der Waals surface area (Å²) in [7, 11) is 3.81. The summed E-state index contributed by atoms with van der Waals surface area (Å²) in [5, 5.41) is 0.373. The van der Waals surface area contributed by atoms with Crippen molar-refractivity contribution in [1.82, 2.24) is 9.88 Å². The van der Waals surface area contributed by atoms with E-state index in [4.69, 9.17) is 11.6 Å². The van der Waals surface area contributed by atoms with Gasteiger partial charge in [0.15, 0.2) is 0 Å². The Kier molecular flexibility index (Phi) is 2.97. The van der Waals surface area contributed by atoms with Crippen LogP contribution in [0.5, 0.6) is 0 Å². The molecule has 1 aromatic rings. The van der Waals surface area contributed by atoms with Gasteiger partial charge in [-0.3, -0.25) is 4.79 Å². The monoisotopic (exact) mass is 236 g/mol. The number of Topliss-reactive ketones (excluding diaryl/α,β-unsaturated/α-hetero) is 1. The van der Waals surface area contributed by atoms with Crippen molar-refractivity contribution >= 4 is 17.4 Å². The fourth-order valence-corrected chi connectivity index (χ4v) is 1.98. The average molecular weight is 237 g/mol. The maximum atomic E-state index is 12.1. The van der Waals surface area contributed by atoms with Gasteiger partial charge in [-0.05, 0) is 24.5 Å². The van der Waals surface area contributed by atoms with Crippen molar-refractivity contribution in [2.45, 2.75) is 12.8 Å². The SMILES string of the molecule is CN(C)/C=C1\CCc2ccc(Cl)nc2C1=O. The van der Waals surface area contributed by atoms with Gasteiger partial charge >= 0.3 is 0 Å². The van der Waals surface area contributed by atoms with Crippen LogP contribution in [0, 0.1) is 0 Å². The standard InChI is InChI=1S/C12H13ClN2O/c1-15(2)7-9-4-3-8-5-6-10(13)14-11(8)12(9)16/h5-7H,3-4H2,1-2H3/b9-7+. The van der Waals surface area contributed by atoms with Crippen LogP contribution in [0.3, 0.4) is 0 Å². The first kappa shape index (κ1) is 11.1. The number of hydrogen-bond donors (Lipinski definition) is 0. The fourth-order valence-electron chi connectivity index (χ4n) is 1.83. The van der Waals surface area contributed by atoms with Crippen LogP contribution < -0.4 is 0 Å². The van der Waals surface area contributed by atoms with Crippen molar-refractivity contribution in [2.75, 3.05) is 14.1 Å². The highest BCUT2D eigenvalue weighted by molar-refractivity contribution is 6.29. The second kappa shape index (κ2) is 4.26. The first-order chi connectivity index (χ1) is 7.58. The van der Waals surface area contributed by atoms with Gasteiger partial charge in [0.25, 0.3) is 0 Å². The van der Waals surface area contributed by atoms with Crippen molar-refractivity contribution < 1.29 is 4.79 Å². The normalized spacial score (nSPS) is 17.4. The molecule has 4 heteroatoms. The lowest BCUT2D eigenvalue weighted by Crippen LogP contribution is -2.18. The topological polar surface area (TPSA) is 33.2 Å². The molecule has 0 radical (unpaired) electrons. The molecule has 0 unspecified atom stereocenters.